The highest BCUT2D eigenvalue weighted by molar-refractivity contribution is 7.16. The van der Waals surface area contributed by atoms with Gasteiger partial charge in [-0.2, -0.15) is 0 Å². The number of rotatable bonds is 9. The number of carbonyl (C=O) groups excluding carboxylic acids is 1. The van der Waals surface area contributed by atoms with Crippen LogP contribution < -0.4 is 10.2 Å². The van der Waals surface area contributed by atoms with Gasteiger partial charge in [0.2, 0.25) is 0 Å². The highest BCUT2D eigenvalue weighted by Crippen LogP contribution is 2.33. The Kier molecular flexibility index (Phi) is 9.13. The third-order valence-corrected chi connectivity index (χ3v) is 9.76. The number of aliphatic hydroxyl groups excluding tert-OH is 1. The summed E-state index contributed by atoms with van der Waals surface area (Å²) >= 11 is 0.955. The number of benzene rings is 2. The van der Waals surface area contributed by atoms with Gasteiger partial charge in [0, 0.05) is 51.4 Å². The summed E-state index contributed by atoms with van der Waals surface area (Å²) in [7, 11) is 0. The zero-order valence-electron chi connectivity index (χ0n) is 24.1. The van der Waals surface area contributed by atoms with Crippen LogP contribution in [-0.2, 0) is 27.2 Å². The van der Waals surface area contributed by atoms with Crippen LogP contribution in [0.2, 0.25) is 0 Å². The summed E-state index contributed by atoms with van der Waals surface area (Å²) in [6.45, 7) is 5.48. The number of carbonyl (C=O) groups is 1. The lowest BCUT2D eigenvalue weighted by molar-refractivity contribution is -0.166. The number of ether oxygens (including phenoxy) is 2. The molecule has 1 unspecified atom stereocenters. The standard InChI is InChI=1S/C31H39FN4O6S/c32-22-15-20(5-8-33-17-25(38)23-3-4-24(37)27-28(23)43-30(40)34-27)14-21(16-22)18-35-9-6-31(7-10-35)19-36(11-13-42-31)29(39)26-2-1-12-41-26/h3-4,14-16,25-26,33,37-38H,1-2,5-13,17-19H2,(H,34,40)/t25-,26?/m0/s1. The van der Waals surface area contributed by atoms with E-state index in [-0.39, 0.29) is 40.6 Å². The minimum Gasteiger partial charge on any atom is -0.506 e. The number of phenols is 1. The summed E-state index contributed by atoms with van der Waals surface area (Å²) in [5.41, 5.74) is 2.37. The van der Waals surface area contributed by atoms with Crippen molar-refractivity contribution in [1.82, 2.24) is 20.1 Å². The number of amides is 1. The van der Waals surface area contributed by atoms with E-state index in [2.05, 4.69) is 15.2 Å². The molecule has 3 aliphatic heterocycles. The topological polar surface area (TPSA) is 127 Å². The van der Waals surface area contributed by atoms with Crippen molar-refractivity contribution in [1.29, 1.82) is 0 Å². The molecule has 0 aliphatic carbocycles. The molecule has 43 heavy (non-hydrogen) atoms. The van der Waals surface area contributed by atoms with Crippen LogP contribution in [0.5, 0.6) is 5.75 Å². The van der Waals surface area contributed by atoms with Gasteiger partial charge in [0.25, 0.3) is 5.91 Å². The molecule has 0 radical (unpaired) electrons. The van der Waals surface area contributed by atoms with E-state index >= 15 is 0 Å². The molecule has 1 amide bonds. The molecule has 10 nitrogen and oxygen atoms in total. The van der Waals surface area contributed by atoms with Gasteiger partial charge in [-0.15, -0.1) is 0 Å². The molecule has 1 spiro atoms. The number of hydrogen-bond donors (Lipinski definition) is 4. The summed E-state index contributed by atoms with van der Waals surface area (Å²) in [6.07, 6.45) is 2.80. The van der Waals surface area contributed by atoms with Gasteiger partial charge >= 0.3 is 4.87 Å². The largest absolute Gasteiger partial charge is 0.506 e. The van der Waals surface area contributed by atoms with Crippen LogP contribution in [0.3, 0.4) is 0 Å². The highest BCUT2D eigenvalue weighted by Gasteiger charge is 2.42. The number of aromatic amines is 1. The Morgan fingerprint density at radius 2 is 2.00 bits per heavy atom. The molecule has 2 atom stereocenters. The molecule has 3 aromatic rings. The van der Waals surface area contributed by atoms with Gasteiger partial charge in [0.05, 0.1) is 23.0 Å². The molecule has 3 aliphatic rings. The second-order valence-electron chi connectivity index (χ2n) is 11.9. The fourth-order valence-electron chi connectivity index (χ4n) is 6.52. The van der Waals surface area contributed by atoms with Crippen LogP contribution >= 0.6 is 11.3 Å². The molecule has 1 aromatic heterocycles. The minimum absolute atomic E-state index is 0.0289. The van der Waals surface area contributed by atoms with Crippen molar-refractivity contribution in [3.05, 3.63) is 62.5 Å². The van der Waals surface area contributed by atoms with Crippen LogP contribution in [-0.4, -0.2) is 95.1 Å². The zero-order valence-corrected chi connectivity index (χ0v) is 25.0. The lowest BCUT2D eigenvalue weighted by Crippen LogP contribution is -2.59. The second kappa shape index (κ2) is 13.0. The lowest BCUT2D eigenvalue weighted by Gasteiger charge is -2.47. The molecule has 6 rings (SSSR count). The number of aliphatic hydroxyl groups is 1. The molecule has 12 heteroatoms. The SMILES string of the molecule is O=C(C1CCCO1)N1CCOC2(CCN(Cc3cc(F)cc(CCNC[C@H](O)c4ccc(O)c5[nH]c(=O)sc45)c3)CC2)C1. The molecule has 3 fully saturated rings. The number of halogens is 1. The summed E-state index contributed by atoms with van der Waals surface area (Å²) in [4.78, 5) is 31.2. The average molecular weight is 615 g/mol. The molecule has 2 aromatic carbocycles. The van der Waals surface area contributed by atoms with Crippen molar-refractivity contribution >= 4 is 27.5 Å². The first-order valence-electron chi connectivity index (χ1n) is 15.1. The number of aromatic hydroxyl groups is 1. The number of likely N-dealkylation sites (tertiary alicyclic amines) is 1. The number of thiazole rings is 1. The minimum atomic E-state index is -0.866. The number of phenolic OH excluding ortho intramolecular Hbond substituents is 1. The van der Waals surface area contributed by atoms with Crippen molar-refractivity contribution < 1.29 is 28.9 Å². The van der Waals surface area contributed by atoms with E-state index < -0.39 is 6.10 Å². The molecule has 4 heterocycles. The van der Waals surface area contributed by atoms with Gasteiger partial charge in [-0.05, 0) is 68.0 Å². The highest BCUT2D eigenvalue weighted by atomic mass is 32.1. The summed E-state index contributed by atoms with van der Waals surface area (Å²) in [5.74, 6) is -0.205. The summed E-state index contributed by atoms with van der Waals surface area (Å²) < 4.78 is 27.0. The van der Waals surface area contributed by atoms with Crippen LogP contribution in [0, 0.1) is 5.82 Å². The molecule has 3 saturated heterocycles. The Morgan fingerprint density at radius 3 is 2.79 bits per heavy atom. The van der Waals surface area contributed by atoms with Crippen LogP contribution in [0.1, 0.15) is 48.5 Å². The smallest absolute Gasteiger partial charge is 0.305 e. The van der Waals surface area contributed by atoms with E-state index in [9.17, 15) is 24.2 Å². The molecular formula is C31H39FN4O6S. The number of hydrogen-bond acceptors (Lipinski definition) is 9. The van der Waals surface area contributed by atoms with E-state index in [1.807, 2.05) is 11.0 Å². The van der Waals surface area contributed by atoms with E-state index in [1.165, 1.54) is 6.07 Å². The molecular weight excluding hydrogens is 575 g/mol. The first-order valence-corrected chi connectivity index (χ1v) is 15.9. The molecule has 232 valence electrons. The monoisotopic (exact) mass is 614 g/mol. The number of nitrogens with one attached hydrogen (secondary N) is 2. The predicted octanol–water partition coefficient (Wildman–Crippen LogP) is 2.67. The normalized spacial score (nSPS) is 21.5. The van der Waals surface area contributed by atoms with E-state index in [1.54, 1.807) is 18.2 Å². The fraction of sp³-hybridized carbons (Fsp3) is 0.548. The summed E-state index contributed by atoms with van der Waals surface area (Å²) in [6, 6.07) is 8.25. The molecule has 4 N–H and O–H groups in total. The van der Waals surface area contributed by atoms with Crippen molar-refractivity contribution in [3.63, 3.8) is 0 Å². The van der Waals surface area contributed by atoms with Crippen molar-refractivity contribution in [2.24, 2.45) is 0 Å². The first-order chi connectivity index (χ1) is 20.8. The molecule has 0 saturated carbocycles. The maximum atomic E-state index is 14.6. The second-order valence-corrected chi connectivity index (χ2v) is 12.9. The molecule has 0 bridgehead atoms. The maximum Gasteiger partial charge on any atom is 0.305 e. The summed E-state index contributed by atoms with van der Waals surface area (Å²) in [5, 5.41) is 23.9. The van der Waals surface area contributed by atoms with Gasteiger partial charge in [-0.3, -0.25) is 14.5 Å². The van der Waals surface area contributed by atoms with Crippen molar-refractivity contribution in [2.45, 2.75) is 56.5 Å². The van der Waals surface area contributed by atoms with Gasteiger partial charge in [0.1, 0.15) is 23.2 Å². The van der Waals surface area contributed by atoms with Crippen molar-refractivity contribution in [2.75, 3.05) is 52.5 Å². The Balaban J connectivity index is 0.984. The average Bonchev–Trinajstić information content (AvgIpc) is 3.67. The first kappa shape index (κ1) is 30.2. The van der Waals surface area contributed by atoms with E-state index in [4.69, 9.17) is 9.47 Å². The quantitative estimate of drug-likeness (QED) is 0.271. The van der Waals surface area contributed by atoms with Gasteiger partial charge < -0.3 is 34.9 Å². The van der Waals surface area contributed by atoms with Crippen molar-refractivity contribution in [3.8, 4) is 5.75 Å². The lowest BCUT2D eigenvalue weighted by atomic mass is 9.89. The number of nitrogens with zero attached hydrogens (tertiary/aromatic N) is 2. The Hall–Kier alpha value is -2.87. The number of fused-ring (bicyclic) bond motifs is 1. The van der Waals surface area contributed by atoms with Gasteiger partial charge in [0.15, 0.2) is 0 Å². The van der Waals surface area contributed by atoms with Crippen LogP contribution in [0.25, 0.3) is 10.2 Å². The number of piperidine rings is 1. The Labute approximate surface area is 253 Å². The predicted molar refractivity (Wildman–Crippen MR) is 161 cm³/mol. The number of morpholine rings is 1. The zero-order chi connectivity index (χ0) is 30.0. The Bertz CT molecular complexity index is 1500. The van der Waals surface area contributed by atoms with E-state index in [0.29, 0.717) is 61.6 Å². The van der Waals surface area contributed by atoms with Crippen LogP contribution in [0.4, 0.5) is 4.39 Å². The van der Waals surface area contributed by atoms with Gasteiger partial charge in [-0.1, -0.05) is 23.5 Å². The third kappa shape index (κ3) is 6.95. The maximum absolute atomic E-state index is 14.6. The fourth-order valence-corrected chi connectivity index (χ4v) is 7.44. The van der Waals surface area contributed by atoms with Crippen LogP contribution in [0.15, 0.2) is 35.1 Å². The van der Waals surface area contributed by atoms with E-state index in [0.717, 1.165) is 61.2 Å². The Morgan fingerprint density at radius 1 is 1.19 bits per heavy atom. The number of aromatic nitrogens is 1. The third-order valence-electron chi connectivity index (χ3n) is 8.83. The van der Waals surface area contributed by atoms with Gasteiger partial charge in [-0.25, -0.2) is 4.39 Å². The number of H-pyrrole nitrogens is 1.